The third kappa shape index (κ3) is 9.93. The number of hydrogen-bond acceptors (Lipinski definition) is 3. The fourth-order valence-corrected chi connectivity index (χ4v) is 2.64. The van der Waals surface area contributed by atoms with E-state index in [1.54, 1.807) is 0 Å². The quantitative estimate of drug-likeness (QED) is 0.239. The normalized spacial score (nSPS) is 11.2. The molecule has 0 radical (unpaired) electrons. The number of rotatable bonds is 9. The molecule has 2 aromatic rings. The predicted molar refractivity (Wildman–Crippen MR) is 125 cm³/mol. The van der Waals surface area contributed by atoms with Gasteiger partial charge in [-0.25, -0.2) is 4.98 Å². The van der Waals surface area contributed by atoms with E-state index in [1.165, 1.54) is 5.56 Å². The van der Waals surface area contributed by atoms with E-state index in [0.717, 1.165) is 50.7 Å². The number of guanidine groups is 1. The molecule has 5 nitrogen and oxygen atoms in total. The van der Waals surface area contributed by atoms with E-state index in [-0.39, 0.29) is 24.0 Å². The molecule has 2 N–H and O–H groups in total. The minimum absolute atomic E-state index is 0. The van der Waals surface area contributed by atoms with Gasteiger partial charge in [-0.3, -0.25) is 4.99 Å². The highest BCUT2D eigenvalue weighted by atomic mass is 127. The second kappa shape index (κ2) is 13.7. The van der Waals surface area contributed by atoms with Gasteiger partial charge in [0.1, 0.15) is 5.15 Å². The van der Waals surface area contributed by atoms with Crippen molar-refractivity contribution in [3.05, 3.63) is 64.9 Å². The minimum atomic E-state index is 0. The molecule has 0 aliphatic heterocycles. The molecule has 0 fully saturated rings. The number of pyridine rings is 1. The Bertz CT molecular complexity index is 664. The molecule has 1 heterocycles. The van der Waals surface area contributed by atoms with Gasteiger partial charge in [-0.05, 0) is 37.6 Å². The largest absolute Gasteiger partial charge is 0.357 e. The van der Waals surface area contributed by atoms with Crippen LogP contribution in [0.1, 0.15) is 18.1 Å². The van der Waals surface area contributed by atoms with Gasteiger partial charge in [0.05, 0.1) is 6.54 Å². The number of benzene rings is 1. The lowest BCUT2D eigenvalue weighted by Crippen LogP contribution is -2.38. The Kier molecular flexibility index (Phi) is 12.0. The van der Waals surface area contributed by atoms with E-state index < -0.39 is 0 Å². The van der Waals surface area contributed by atoms with Crippen molar-refractivity contribution in [1.82, 2.24) is 20.5 Å². The summed E-state index contributed by atoms with van der Waals surface area (Å²) in [6.07, 6.45) is 2.69. The monoisotopic (exact) mass is 501 g/mol. The maximum atomic E-state index is 5.81. The summed E-state index contributed by atoms with van der Waals surface area (Å²) in [5, 5.41) is 7.18. The molecule has 0 aliphatic carbocycles. The predicted octanol–water partition coefficient (Wildman–Crippen LogP) is 3.58. The Morgan fingerprint density at radius 1 is 1.11 bits per heavy atom. The number of aromatic nitrogens is 1. The highest BCUT2D eigenvalue weighted by molar-refractivity contribution is 14.0. The van der Waals surface area contributed by atoms with E-state index in [2.05, 4.69) is 63.7 Å². The number of aliphatic imine (C=N–C) groups is 1. The van der Waals surface area contributed by atoms with Crippen LogP contribution in [0.4, 0.5) is 0 Å². The topological polar surface area (TPSA) is 52.6 Å². The zero-order valence-corrected chi connectivity index (χ0v) is 19.1. The van der Waals surface area contributed by atoms with Gasteiger partial charge in [-0.2, -0.15) is 0 Å². The standard InChI is InChI=1S/C20H28ClN5.HI/c1-3-22-20(23-12-11-17-9-10-19(21)25-15-17)24-13-14-26(2)16-18-7-5-4-6-8-18;/h4-10,15H,3,11-14,16H2,1-2H3,(H2,22,23,24);1H. The average Bonchev–Trinajstić information content (AvgIpc) is 2.64. The molecule has 0 atom stereocenters. The van der Waals surface area contributed by atoms with Crippen molar-refractivity contribution in [2.45, 2.75) is 19.9 Å². The van der Waals surface area contributed by atoms with Crippen molar-refractivity contribution in [3.8, 4) is 0 Å². The Morgan fingerprint density at radius 3 is 2.56 bits per heavy atom. The molecular weight excluding hydrogens is 473 g/mol. The lowest BCUT2D eigenvalue weighted by molar-refractivity contribution is 0.336. The molecule has 2 rings (SSSR count). The van der Waals surface area contributed by atoms with Crippen molar-refractivity contribution in [2.24, 2.45) is 4.99 Å². The van der Waals surface area contributed by atoms with Gasteiger partial charge in [0.15, 0.2) is 5.96 Å². The Balaban J connectivity index is 0.00000364. The molecule has 0 amide bonds. The van der Waals surface area contributed by atoms with E-state index in [9.17, 15) is 0 Å². The molecule has 0 saturated carbocycles. The number of hydrogen-bond donors (Lipinski definition) is 2. The average molecular weight is 502 g/mol. The molecule has 0 bridgehead atoms. The van der Waals surface area contributed by atoms with Crippen molar-refractivity contribution in [1.29, 1.82) is 0 Å². The molecular formula is C20H29ClIN5. The number of nitrogens with zero attached hydrogens (tertiary/aromatic N) is 3. The highest BCUT2D eigenvalue weighted by Gasteiger charge is 2.01. The minimum Gasteiger partial charge on any atom is -0.357 e. The van der Waals surface area contributed by atoms with E-state index >= 15 is 0 Å². The second-order valence-corrected chi connectivity index (χ2v) is 6.54. The fourth-order valence-electron chi connectivity index (χ4n) is 2.53. The van der Waals surface area contributed by atoms with Crippen molar-refractivity contribution < 1.29 is 0 Å². The highest BCUT2D eigenvalue weighted by Crippen LogP contribution is 2.05. The van der Waals surface area contributed by atoms with Crippen LogP contribution in [0.3, 0.4) is 0 Å². The molecule has 27 heavy (non-hydrogen) atoms. The molecule has 1 aromatic heterocycles. The Hall–Kier alpha value is -1.38. The summed E-state index contributed by atoms with van der Waals surface area (Å²) in [6.45, 7) is 6.31. The van der Waals surface area contributed by atoms with Gasteiger partial charge < -0.3 is 15.5 Å². The van der Waals surface area contributed by atoms with Crippen LogP contribution in [0.25, 0.3) is 0 Å². The van der Waals surface area contributed by atoms with Crippen LogP contribution in [-0.4, -0.2) is 49.1 Å². The fraction of sp³-hybridized carbons (Fsp3) is 0.400. The van der Waals surface area contributed by atoms with Crippen LogP contribution >= 0.6 is 35.6 Å². The summed E-state index contributed by atoms with van der Waals surface area (Å²) in [6, 6.07) is 14.3. The molecule has 0 spiro atoms. The first-order valence-corrected chi connectivity index (χ1v) is 9.40. The first-order valence-electron chi connectivity index (χ1n) is 9.02. The van der Waals surface area contributed by atoms with Crippen LogP contribution in [0.2, 0.25) is 5.15 Å². The first-order chi connectivity index (χ1) is 12.7. The van der Waals surface area contributed by atoms with Gasteiger partial charge in [-0.1, -0.05) is 48.0 Å². The van der Waals surface area contributed by atoms with Crippen LogP contribution in [-0.2, 0) is 13.0 Å². The van der Waals surface area contributed by atoms with Gasteiger partial charge in [0, 0.05) is 32.4 Å². The van der Waals surface area contributed by atoms with Crippen LogP contribution in [0.15, 0.2) is 53.7 Å². The van der Waals surface area contributed by atoms with Crippen LogP contribution in [0.5, 0.6) is 0 Å². The third-order valence-electron chi connectivity index (χ3n) is 3.89. The van der Waals surface area contributed by atoms with Crippen LogP contribution < -0.4 is 10.6 Å². The summed E-state index contributed by atoms with van der Waals surface area (Å²) in [5.41, 5.74) is 2.47. The summed E-state index contributed by atoms with van der Waals surface area (Å²) in [4.78, 5) is 11.0. The van der Waals surface area contributed by atoms with Crippen molar-refractivity contribution >= 4 is 41.5 Å². The number of likely N-dealkylation sites (N-methyl/N-ethyl adjacent to an activating group) is 1. The summed E-state index contributed by atoms with van der Waals surface area (Å²) in [7, 11) is 2.12. The summed E-state index contributed by atoms with van der Waals surface area (Å²) < 4.78 is 0. The molecule has 0 aliphatic rings. The van der Waals surface area contributed by atoms with Gasteiger partial charge in [0.2, 0.25) is 0 Å². The van der Waals surface area contributed by atoms with Crippen LogP contribution in [0, 0.1) is 0 Å². The maximum Gasteiger partial charge on any atom is 0.191 e. The van der Waals surface area contributed by atoms with Gasteiger partial charge >= 0.3 is 0 Å². The lowest BCUT2D eigenvalue weighted by Gasteiger charge is -2.16. The number of nitrogens with one attached hydrogen (secondary N) is 2. The SMILES string of the molecule is CCNC(=NCCN(C)Cc1ccccc1)NCCc1ccc(Cl)nc1.I. The number of halogens is 2. The first kappa shape index (κ1) is 23.7. The molecule has 0 unspecified atom stereocenters. The van der Waals surface area contributed by atoms with Crippen molar-refractivity contribution in [2.75, 3.05) is 33.2 Å². The Labute approximate surface area is 184 Å². The second-order valence-electron chi connectivity index (χ2n) is 6.15. The summed E-state index contributed by atoms with van der Waals surface area (Å²) in [5.74, 6) is 0.850. The van der Waals surface area contributed by atoms with Gasteiger partial charge in [0.25, 0.3) is 0 Å². The molecule has 148 valence electrons. The van der Waals surface area contributed by atoms with Gasteiger partial charge in [-0.15, -0.1) is 24.0 Å². The van der Waals surface area contributed by atoms with E-state index in [4.69, 9.17) is 11.6 Å². The third-order valence-corrected chi connectivity index (χ3v) is 4.11. The van der Waals surface area contributed by atoms with E-state index in [0.29, 0.717) is 5.15 Å². The van der Waals surface area contributed by atoms with Crippen molar-refractivity contribution in [3.63, 3.8) is 0 Å². The maximum absolute atomic E-state index is 5.81. The molecule has 0 saturated heterocycles. The Morgan fingerprint density at radius 2 is 1.89 bits per heavy atom. The van der Waals surface area contributed by atoms with E-state index in [1.807, 2.05) is 24.4 Å². The molecule has 7 heteroatoms. The zero-order valence-electron chi connectivity index (χ0n) is 16.0. The summed E-state index contributed by atoms with van der Waals surface area (Å²) >= 11 is 5.81. The lowest BCUT2D eigenvalue weighted by atomic mass is 10.2. The molecule has 1 aromatic carbocycles. The smallest absolute Gasteiger partial charge is 0.191 e. The zero-order chi connectivity index (χ0) is 18.6.